The number of benzene rings is 2. The quantitative estimate of drug-likeness (QED) is 0.634. The molecule has 7 heteroatoms. The number of fused-ring (bicyclic) bond motifs is 1. The molecule has 0 saturated carbocycles. The van der Waals surface area contributed by atoms with Crippen molar-refractivity contribution in [3.05, 3.63) is 65.9 Å². The second-order valence-corrected chi connectivity index (χ2v) is 7.57. The van der Waals surface area contributed by atoms with Gasteiger partial charge >= 0.3 is 0 Å². The molecule has 29 heavy (non-hydrogen) atoms. The number of carbonyl (C=O) groups excluding carboxylic acids is 1. The molecule has 1 fully saturated rings. The van der Waals surface area contributed by atoms with Crippen LogP contribution in [0.15, 0.2) is 59.1 Å². The highest BCUT2D eigenvalue weighted by Gasteiger charge is 2.34. The van der Waals surface area contributed by atoms with Gasteiger partial charge in [-0.1, -0.05) is 59.8 Å². The Labute approximate surface area is 168 Å². The van der Waals surface area contributed by atoms with Crippen LogP contribution in [0.3, 0.4) is 0 Å². The third-order valence-electron chi connectivity index (χ3n) is 5.64. The van der Waals surface area contributed by atoms with E-state index in [4.69, 9.17) is 10.3 Å². The average Bonchev–Trinajstić information content (AvgIpc) is 3.40. The van der Waals surface area contributed by atoms with E-state index in [-0.39, 0.29) is 18.1 Å². The van der Waals surface area contributed by atoms with Gasteiger partial charge in [-0.25, -0.2) is 10.9 Å². The first-order valence-electron chi connectivity index (χ1n) is 9.88. The van der Waals surface area contributed by atoms with Gasteiger partial charge in [-0.2, -0.15) is 0 Å². The van der Waals surface area contributed by atoms with E-state index in [2.05, 4.69) is 52.4 Å². The van der Waals surface area contributed by atoms with Gasteiger partial charge < -0.3 is 15.2 Å². The summed E-state index contributed by atoms with van der Waals surface area (Å²) in [4.78, 5) is 14.7. The molecule has 3 heterocycles. The summed E-state index contributed by atoms with van der Waals surface area (Å²) in [5.74, 6) is 0.924. The average molecular weight is 389 g/mol. The molecule has 0 radical (unpaired) electrons. The maximum absolute atomic E-state index is 12.8. The number of hydrogen-bond donors (Lipinski definition) is 3. The molecule has 2 aromatic carbocycles. The predicted octanol–water partition coefficient (Wildman–Crippen LogP) is 2.04. The van der Waals surface area contributed by atoms with E-state index in [1.54, 1.807) is 0 Å². The summed E-state index contributed by atoms with van der Waals surface area (Å²) in [6.07, 6.45) is 1.06. The van der Waals surface area contributed by atoms with E-state index in [0.29, 0.717) is 25.9 Å². The fourth-order valence-corrected chi connectivity index (χ4v) is 4.04. The number of hydrazine groups is 1. The van der Waals surface area contributed by atoms with Crippen LogP contribution >= 0.6 is 0 Å². The van der Waals surface area contributed by atoms with E-state index >= 15 is 0 Å². The lowest BCUT2D eigenvalue weighted by Gasteiger charge is -2.28. The van der Waals surface area contributed by atoms with E-state index in [9.17, 15) is 4.79 Å². The van der Waals surface area contributed by atoms with Crippen LogP contribution in [0.1, 0.15) is 17.7 Å². The van der Waals surface area contributed by atoms with E-state index in [1.165, 1.54) is 5.56 Å². The molecule has 3 aromatic rings. The van der Waals surface area contributed by atoms with Crippen molar-refractivity contribution in [1.82, 2.24) is 20.9 Å². The number of hydrogen-bond acceptors (Lipinski definition) is 6. The lowest BCUT2D eigenvalue weighted by Crippen LogP contribution is -2.47. The van der Waals surface area contributed by atoms with Crippen LogP contribution in [0.5, 0.6) is 0 Å². The molecule has 2 aliphatic rings. The number of aromatic nitrogens is 1. The zero-order valence-electron chi connectivity index (χ0n) is 16.0. The minimum Gasteiger partial charge on any atom is -0.360 e. The minimum atomic E-state index is -0.292. The lowest BCUT2D eigenvalue weighted by atomic mass is 9.98. The maximum Gasteiger partial charge on any atom is 0.241 e. The maximum atomic E-state index is 12.8. The van der Waals surface area contributed by atoms with Crippen molar-refractivity contribution < 1.29 is 9.32 Å². The summed E-state index contributed by atoms with van der Waals surface area (Å²) in [5.41, 5.74) is 16.9. The number of nitrogens with one attached hydrogen (secondary N) is 2. The summed E-state index contributed by atoms with van der Waals surface area (Å²) >= 11 is 0. The van der Waals surface area contributed by atoms with E-state index in [0.717, 1.165) is 28.1 Å². The van der Waals surface area contributed by atoms with Crippen LogP contribution < -0.4 is 16.6 Å². The van der Waals surface area contributed by atoms with Crippen LogP contribution in [-0.4, -0.2) is 34.7 Å². The zero-order chi connectivity index (χ0) is 19.8. The van der Waals surface area contributed by atoms with Crippen molar-refractivity contribution in [2.45, 2.75) is 31.6 Å². The first-order valence-corrected chi connectivity index (χ1v) is 9.88. The van der Waals surface area contributed by atoms with Crippen molar-refractivity contribution in [3.63, 3.8) is 0 Å². The van der Waals surface area contributed by atoms with Gasteiger partial charge in [-0.3, -0.25) is 4.79 Å². The molecule has 148 valence electrons. The Kier molecular flexibility index (Phi) is 4.63. The van der Waals surface area contributed by atoms with Gasteiger partial charge in [0.2, 0.25) is 5.91 Å². The van der Waals surface area contributed by atoms with Crippen LogP contribution in [0.4, 0.5) is 0 Å². The highest BCUT2D eigenvalue weighted by Crippen LogP contribution is 2.31. The molecule has 2 atom stereocenters. The second kappa shape index (κ2) is 7.44. The highest BCUT2D eigenvalue weighted by atomic mass is 16.5. The smallest absolute Gasteiger partial charge is 0.241 e. The van der Waals surface area contributed by atoms with Gasteiger partial charge in [0, 0.05) is 30.5 Å². The number of nitrogens with two attached hydrogens (primary N) is 1. The monoisotopic (exact) mass is 389 g/mol. The minimum absolute atomic E-state index is 0.0580. The molecular formula is C22H23N5O2. The van der Waals surface area contributed by atoms with Crippen LogP contribution in [0.2, 0.25) is 0 Å². The Hall–Kier alpha value is -3.00. The van der Waals surface area contributed by atoms with Crippen LogP contribution in [0, 0.1) is 0 Å². The number of amides is 1. The first kappa shape index (κ1) is 18.1. The number of carbonyl (C=O) groups is 1. The summed E-state index contributed by atoms with van der Waals surface area (Å²) < 4.78 is 5.59. The van der Waals surface area contributed by atoms with Crippen molar-refractivity contribution in [1.29, 1.82) is 0 Å². The van der Waals surface area contributed by atoms with Gasteiger partial charge in [-0.05, 0) is 11.1 Å². The molecule has 0 aliphatic carbocycles. The van der Waals surface area contributed by atoms with Crippen molar-refractivity contribution in [2.75, 3.05) is 6.54 Å². The van der Waals surface area contributed by atoms with E-state index in [1.807, 2.05) is 23.1 Å². The standard InChI is InChI=1S/C22H23N5O2/c23-20-12-18(24-25-20)22(28)27-11-10-19-17(13-27)21(26-29-19)16-8-6-15(7-9-16)14-4-2-1-3-5-14/h1-9,18,20,24-25H,10-13,23H2. The topological polar surface area (TPSA) is 96.4 Å². The van der Waals surface area contributed by atoms with Gasteiger partial charge in [0.25, 0.3) is 0 Å². The SMILES string of the molecule is NC1CC(C(=O)N2CCc3onc(-c4ccc(-c5ccccc5)cc4)c3C2)NN1. The van der Waals surface area contributed by atoms with Gasteiger partial charge in [-0.15, -0.1) is 0 Å². The normalized spacial score (nSPS) is 21.2. The first-order chi connectivity index (χ1) is 14.2. The van der Waals surface area contributed by atoms with Gasteiger partial charge in [0.15, 0.2) is 0 Å². The molecular weight excluding hydrogens is 366 g/mol. The molecule has 0 bridgehead atoms. The zero-order valence-corrected chi connectivity index (χ0v) is 16.0. The molecule has 2 unspecified atom stereocenters. The number of rotatable bonds is 3. The predicted molar refractivity (Wildman–Crippen MR) is 109 cm³/mol. The molecule has 1 aromatic heterocycles. The van der Waals surface area contributed by atoms with Crippen LogP contribution in [0.25, 0.3) is 22.4 Å². The molecule has 5 rings (SSSR count). The fourth-order valence-electron chi connectivity index (χ4n) is 4.04. The summed E-state index contributed by atoms with van der Waals surface area (Å²) in [6.45, 7) is 1.13. The third kappa shape index (κ3) is 3.44. The van der Waals surface area contributed by atoms with E-state index < -0.39 is 0 Å². The Balaban J connectivity index is 1.37. The highest BCUT2D eigenvalue weighted by molar-refractivity contribution is 5.83. The van der Waals surface area contributed by atoms with Crippen molar-refractivity contribution >= 4 is 5.91 Å². The molecule has 0 spiro atoms. The van der Waals surface area contributed by atoms with Crippen molar-refractivity contribution in [3.8, 4) is 22.4 Å². The molecule has 4 N–H and O–H groups in total. The third-order valence-corrected chi connectivity index (χ3v) is 5.64. The summed E-state index contributed by atoms with van der Waals surface area (Å²) in [5, 5.41) is 4.31. The Morgan fingerprint density at radius 1 is 1.03 bits per heavy atom. The molecule has 2 aliphatic heterocycles. The molecule has 1 saturated heterocycles. The Morgan fingerprint density at radius 3 is 2.48 bits per heavy atom. The van der Waals surface area contributed by atoms with Gasteiger partial charge in [0.05, 0.1) is 12.7 Å². The fraction of sp³-hybridized carbons (Fsp3) is 0.273. The lowest BCUT2D eigenvalue weighted by molar-refractivity contribution is -0.134. The molecule has 7 nitrogen and oxygen atoms in total. The summed E-state index contributed by atoms with van der Waals surface area (Å²) in [6, 6.07) is 18.3. The van der Waals surface area contributed by atoms with Crippen LogP contribution in [-0.2, 0) is 17.8 Å². The summed E-state index contributed by atoms with van der Waals surface area (Å²) in [7, 11) is 0. The number of nitrogens with zero attached hydrogens (tertiary/aromatic N) is 2. The molecule has 1 amide bonds. The van der Waals surface area contributed by atoms with Gasteiger partial charge in [0.1, 0.15) is 17.5 Å². The largest absolute Gasteiger partial charge is 0.360 e. The van der Waals surface area contributed by atoms with Crippen molar-refractivity contribution in [2.24, 2.45) is 5.73 Å². The Morgan fingerprint density at radius 2 is 1.76 bits per heavy atom. The second-order valence-electron chi connectivity index (χ2n) is 7.57. The Bertz CT molecular complexity index is 1020.